The quantitative estimate of drug-likeness (QED) is 0.462. The zero-order valence-electron chi connectivity index (χ0n) is 9.31. The minimum Gasteiger partial charge on any atom is -0.466 e. The predicted molar refractivity (Wildman–Crippen MR) is 63.1 cm³/mol. The van der Waals surface area contributed by atoms with Crippen molar-refractivity contribution in [1.82, 2.24) is 0 Å². The third kappa shape index (κ3) is 3.71. The molecule has 0 bridgehead atoms. The number of hydrogen-bond donors (Lipinski definition) is 0. The monoisotopic (exact) mass is 257 g/mol. The second kappa shape index (κ2) is 6.20. The summed E-state index contributed by atoms with van der Waals surface area (Å²) in [5.74, 6) is -0.373. The highest BCUT2D eigenvalue weighted by Gasteiger charge is 2.18. The lowest BCUT2D eigenvalue weighted by Gasteiger charge is -2.04. The van der Waals surface area contributed by atoms with Crippen LogP contribution in [0.4, 0.5) is 5.69 Å². The molecular weight excluding hydrogens is 246 g/mol. The van der Waals surface area contributed by atoms with E-state index in [0.29, 0.717) is 12.2 Å². The molecule has 0 saturated carbocycles. The molecule has 1 rings (SSSR count). The first-order valence-electron chi connectivity index (χ1n) is 5.13. The van der Waals surface area contributed by atoms with Crippen molar-refractivity contribution in [3.63, 3.8) is 0 Å². The molecule has 1 aromatic carbocycles. The smallest absolute Gasteiger partial charge is 0.306 e. The van der Waals surface area contributed by atoms with Crippen LogP contribution in [0, 0.1) is 10.1 Å². The summed E-state index contributed by atoms with van der Waals surface area (Å²) in [6.45, 7) is 2.01. The van der Waals surface area contributed by atoms with Gasteiger partial charge in [0.05, 0.1) is 11.5 Å². The highest BCUT2D eigenvalue weighted by Crippen LogP contribution is 2.28. The summed E-state index contributed by atoms with van der Waals surface area (Å²) in [5.41, 5.74) is 0.300. The maximum atomic E-state index is 11.2. The first-order valence-corrected chi connectivity index (χ1v) is 5.51. The number of rotatable bonds is 5. The van der Waals surface area contributed by atoms with Crippen molar-refractivity contribution in [2.45, 2.75) is 19.8 Å². The van der Waals surface area contributed by atoms with E-state index >= 15 is 0 Å². The molecule has 0 atom stereocenters. The van der Waals surface area contributed by atoms with E-state index in [4.69, 9.17) is 16.3 Å². The molecule has 0 amide bonds. The van der Waals surface area contributed by atoms with Crippen molar-refractivity contribution in [2.75, 3.05) is 6.61 Å². The molecule has 0 unspecified atom stereocenters. The number of nitrogens with zero attached hydrogens (tertiary/aromatic N) is 1. The van der Waals surface area contributed by atoms with Crippen molar-refractivity contribution >= 4 is 23.3 Å². The molecule has 1 aromatic rings. The summed E-state index contributed by atoms with van der Waals surface area (Å²) in [5, 5.41) is 10.9. The first kappa shape index (κ1) is 13.4. The number of ether oxygens (including phenoxy) is 1. The van der Waals surface area contributed by atoms with Crippen LogP contribution in [0.1, 0.15) is 18.9 Å². The number of carbonyl (C=O) groups is 1. The van der Waals surface area contributed by atoms with Crippen LogP contribution in [0.5, 0.6) is 0 Å². The van der Waals surface area contributed by atoms with Gasteiger partial charge in [0, 0.05) is 12.0 Å². The average Bonchev–Trinajstić information content (AvgIpc) is 2.26. The highest BCUT2D eigenvalue weighted by atomic mass is 35.5. The molecule has 5 nitrogen and oxygen atoms in total. The van der Waals surface area contributed by atoms with Crippen molar-refractivity contribution in [1.29, 1.82) is 0 Å². The lowest BCUT2D eigenvalue weighted by atomic mass is 10.1. The van der Waals surface area contributed by atoms with Crippen molar-refractivity contribution < 1.29 is 14.5 Å². The Morgan fingerprint density at radius 1 is 1.53 bits per heavy atom. The Morgan fingerprint density at radius 2 is 2.24 bits per heavy atom. The Balaban J connectivity index is 2.81. The second-order valence-corrected chi connectivity index (χ2v) is 3.72. The first-order chi connectivity index (χ1) is 8.06. The highest BCUT2D eigenvalue weighted by molar-refractivity contribution is 6.32. The normalized spacial score (nSPS) is 10.0. The lowest BCUT2D eigenvalue weighted by molar-refractivity contribution is -0.385. The van der Waals surface area contributed by atoms with Crippen LogP contribution >= 0.6 is 11.6 Å². The summed E-state index contributed by atoms with van der Waals surface area (Å²) in [6.07, 6.45) is 0.352. The molecule has 0 N–H and O–H groups in total. The van der Waals surface area contributed by atoms with Gasteiger partial charge >= 0.3 is 5.97 Å². The van der Waals surface area contributed by atoms with E-state index in [-0.39, 0.29) is 29.5 Å². The van der Waals surface area contributed by atoms with Gasteiger partial charge in [-0.1, -0.05) is 23.7 Å². The Morgan fingerprint density at radius 3 is 2.82 bits per heavy atom. The van der Waals surface area contributed by atoms with Gasteiger partial charge in [-0.15, -0.1) is 0 Å². The zero-order valence-corrected chi connectivity index (χ0v) is 10.1. The minimum absolute atomic E-state index is 0.0800. The number of nitro groups is 1. The van der Waals surface area contributed by atoms with Gasteiger partial charge < -0.3 is 4.74 Å². The zero-order chi connectivity index (χ0) is 12.8. The molecule has 92 valence electrons. The third-order valence-corrected chi connectivity index (χ3v) is 2.46. The van der Waals surface area contributed by atoms with Crippen LogP contribution in [-0.2, 0) is 16.0 Å². The number of carbonyl (C=O) groups excluding carboxylic acids is 1. The Bertz CT molecular complexity index is 433. The Kier molecular flexibility index (Phi) is 4.90. The van der Waals surface area contributed by atoms with Gasteiger partial charge in [-0.2, -0.15) is 0 Å². The van der Waals surface area contributed by atoms with Gasteiger partial charge in [0.25, 0.3) is 5.69 Å². The van der Waals surface area contributed by atoms with Crippen LogP contribution in [-0.4, -0.2) is 17.5 Å². The predicted octanol–water partition coefficient (Wildman–Crippen LogP) is 2.74. The molecule has 0 heterocycles. The molecule has 0 spiro atoms. The van der Waals surface area contributed by atoms with Gasteiger partial charge in [0.15, 0.2) is 0 Å². The summed E-state index contributed by atoms with van der Waals surface area (Å²) < 4.78 is 4.75. The molecule has 0 aliphatic carbocycles. The molecule has 17 heavy (non-hydrogen) atoms. The largest absolute Gasteiger partial charge is 0.466 e. The number of halogens is 1. The Hall–Kier alpha value is -1.62. The van der Waals surface area contributed by atoms with Crippen LogP contribution in [0.15, 0.2) is 18.2 Å². The lowest BCUT2D eigenvalue weighted by Crippen LogP contribution is -2.06. The molecule has 6 heteroatoms. The van der Waals surface area contributed by atoms with Gasteiger partial charge in [-0.05, 0) is 19.4 Å². The van der Waals surface area contributed by atoms with Gasteiger partial charge in [-0.3, -0.25) is 14.9 Å². The molecule has 0 radical (unpaired) electrons. The number of hydrogen-bond acceptors (Lipinski definition) is 4. The second-order valence-electron chi connectivity index (χ2n) is 3.31. The summed E-state index contributed by atoms with van der Waals surface area (Å²) in [6, 6.07) is 4.66. The van der Waals surface area contributed by atoms with Crippen LogP contribution in [0.3, 0.4) is 0 Å². The molecule has 0 aliphatic heterocycles. The summed E-state index contributed by atoms with van der Waals surface area (Å²) >= 11 is 5.74. The van der Waals surface area contributed by atoms with Crippen LogP contribution in [0.25, 0.3) is 0 Å². The van der Waals surface area contributed by atoms with Crippen molar-refractivity contribution in [3.05, 3.63) is 38.9 Å². The van der Waals surface area contributed by atoms with E-state index in [1.165, 1.54) is 6.07 Å². The molecule has 0 fully saturated rings. The van der Waals surface area contributed by atoms with E-state index in [0.717, 1.165) is 0 Å². The van der Waals surface area contributed by atoms with Crippen LogP contribution in [0.2, 0.25) is 5.02 Å². The number of para-hydroxylation sites is 1. The van der Waals surface area contributed by atoms with E-state index in [9.17, 15) is 14.9 Å². The van der Waals surface area contributed by atoms with Gasteiger partial charge in [0.2, 0.25) is 0 Å². The van der Waals surface area contributed by atoms with Gasteiger partial charge in [0.1, 0.15) is 5.02 Å². The molecule has 0 aliphatic rings. The fourth-order valence-corrected chi connectivity index (χ4v) is 1.70. The fraction of sp³-hybridized carbons (Fsp3) is 0.364. The topological polar surface area (TPSA) is 69.4 Å². The summed E-state index contributed by atoms with van der Waals surface area (Å²) in [4.78, 5) is 21.4. The van der Waals surface area contributed by atoms with Crippen molar-refractivity contribution in [3.8, 4) is 0 Å². The maximum absolute atomic E-state index is 11.2. The number of aryl methyl sites for hydroxylation is 1. The number of esters is 1. The number of nitro benzene ring substituents is 1. The van der Waals surface area contributed by atoms with E-state index in [1.54, 1.807) is 19.1 Å². The average molecular weight is 258 g/mol. The molecule has 0 saturated heterocycles. The van der Waals surface area contributed by atoms with Crippen LogP contribution < -0.4 is 0 Å². The molecule has 0 aromatic heterocycles. The number of benzene rings is 1. The fourth-order valence-electron chi connectivity index (χ4n) is 1.44. The van der Waals surface area contributed by atoms with Crippen molar-refractivity contribution in [2.24, 2.45) is 0 Å². The maximum Gasteiger partial charge on any atom is 0.306 e. The third-order valence-electron chi connectivity index (χ3n) is 2.16. The summed E-state index contributed by atoms with van der Waals surface area (Å²) in [7, 11) is 0. The van der Waals surface area contributed by atoms with E-state index < -0.39 is 4.92 Å². The Labute approximate surface area is 103 Å². The SMILES string of the molecule is CCOC(=O)CCc1cccc(Cl)c1[N+](=O)[O-]. The minimum atomic E-state index is -0.539. The molecular formula is C11H12ClNO4. The van der Waals surface area contributed by atoms with E-state index in [1.807, 2.05) is 0 Å². The standard InChI is InChI=1S/C11H12ClNO4/c1-2-17-10(14)7-6-8-4-3-5-9(12)11(8)13(15)16/h3-5H,2,6-7H2,1H3. The van der Waals surface area contributed by atoms with E-state index in [2.05, 4.69) is 0 Å². The van der Waals surface area contributed by atoms with Gasteiger partial charge in [-0.25, -0.2) is 0 Å².